The number of morpholine rings is 1. The first-order chi connectivity index (χ1) is 7.24. The molecule has 0 N–H and O–H groups in total. The summed E-state index contributed by atoms with van der Waals surface area (Å²) >= 11 is 0. The fourth-order valence-electron chi connectivity index (χ4n) is 1.76. The van der Waals surface area contributed by atoms with Gasteiger partial charge in [0.25, 0.3) is 0 Å². The molecule has 2 aliphatic rings. The maximum Gasteiger partial charge on any atom is 0.137 e. The molecular formula is C11H22N2O2. The third-order valence-corrected chi connectivity index (χ3v) is 2.97. The average Bonchev–Trinajstić information content (AvgIpc) is 2.66. The van der Waals surface area contributed by atoms with Crippen LogP contribution in [0, 0.1) is 0 Å². The molecular weight excluding hydrogens is 192 g/mol. The van der Waals surface area contributed by atoms with Crippen LogP contribution in [0.25, 0.3) is 0 Å². The third-order valence-electron chi connectivity index (χ3n) is 2.97. The summed E-state index contributed by atoms with van der Waals surface area (Å²) in [5.41, 5.74) is 0. The SMILES string of the molecule is CN1CCC[C@H]1C=O.CN1CCOCC1. The van der Waals surface area contributed by atoms with Gasteiger partial charge in [0.1, 0.15) is 6.29 Å². The molecule has 0 aromatic carbocycles. The Morgan fingerprint density at radius 3 is 2.13 bits per heavy atom. The van der Waals surface area contributed by atoms with Crippen LogP contribution in [0.1, 0.15) is 12.8 Å². The molecule has 15 heavy (non-hydrogen) atoms. The largest absolute Gasteiger partial charge is 0.379 e. The van der Waals surface area contributed by atoms with E-state index in [0.717, 1.165) is 45.6 Å². The molecule has 0 unspecified atom stereocenters. The van der Waals surface area contributed by atoms with Gasteiger partial charge in [0, 0.05) is 13.1 Å². The van der Waals surface area contributed by atoms with E-state index in [1.54, 1.807) is 0 Å². The van der Waals surface area contributed by atoms with E-state index in [0.29, 0.717) is 0 Å². The monoisotopic (exact) mass is 214 g/mol. The van der Waals surface area contributed by atoms with Crippen molar-refractivity contribution in [1.82, 2.24) is 9.80 Å². The lowest BCUT2D eigenvalue weighted by atomic mass is 10.2. The molecule has 2 aliphatic heterocycles. The van der Waals surface area contributed by atoms with Gasteiger partial charge in [-0.2, -0.15) is 0 Å². The standard InChI is InChI=1S/C6H11NO.C5H11NO/c1-7-4-2-3-6(7)5-8;1-6-2-4-7-5-3-6/h5-6H,2-4H2,1H3;2-5H2,1H3/t6-;/m0./s1. The van der Waals surface area contributed by atoms with E-state index in [4.69, 9.17) is 4.74 Å². The van der Waals surface area contributed by atoms with Gasteiger partial charge in [-0.3, -0.25) is 4.90 Å². The van der Waals surface area contributed by atoms with Crippen molar-refractivity contribution in [3.8, 4) is 0 Å². The van der Waals surface area contributed by atoms with Crippen molar-refractivity contribution in [3.63, 3.8) is 0 Å². The number of likely N-dealkylation sites (tertiary alicyclic amines) is 1. The molecule has 0 amide bonds. The van der Waals surface area contributed by atoms with E-state index < -0.39 is 0 Å². The van der Waals surface area contributed by atoms with Crippen LogP contribution in [-0.4, -0.2) is 69.1 Å². The van der Waals surface area contributed by atoms with Crippen molar-refractivity contribution < 1.29 is 9.53 Å². The van der Waals surface area contributed by atoms with Crippen LogP contribution in [-0.2, 0) is 9.53 Å². The Morgan fingerprint density at radius 2 is 1.87 bits per heavy atom. The summed E-state index contributed by atoms with van der Waals surface area (Å²) in [5, 5.41) is 0. The van der Waals surface area contributed by atoms with Gasteiger partial charge in [0.2, 0.25) is 0 Å². The van der Waals surface area contributed by atoms with E-state index in [9.17, 15) is 4.79 Å². The molecule has 1 atom stereocenters. The summed E-state index contributed by atoms with van der Waals surface area (Å²) in [6, 6.07) is 0.218. The minimum Gasteiger partial charge on any atom is -0.379 e. The summed E-state index contributed by atoms with van der Waals surface area (Å²) in [7, 11) is 4.11. The first kappa shape index (κ1) is 12.6. The van der Waals surface area contributed by atoms with Gasteiger partial charge < -0.3 is 14.4 Å². The number of hydrogen-bond donors (Lipinski definition) is 0. The van der Waals surface area contributed by atoms with Gasteiger partial charge in [0.05, 0.1) is 19.3 Å². The third kappa shape index (κ3) is 4.73. The lowest BCUT2D eigenvalue weighted by Crippen LogP contribution is -2.32. The second-order valence-corrected chi connectivity index (χ2v) is 4.24. The fourth-order valence-corrected chi connectivity index (χ4v) is 1.76. The quantitative estimate of drug-likeness (QED) is 0.585. The van der Waals surface area contributed by atoms with Crippen molar-refractivity contribution in [3.05, 3.63) is 0 Å². The zero-order valence-electron chi connectivity index (χ0n) is 9.82. The van der Waals surface area contributed by atoms with Crippen LogP contribution >= 0.6 is 0 Å². The van der Waals surface area contributed by atoms with Gasteiger partial charge in [-0.05, 0) is 33.5 Å². The molecule has 2 rings (SSSR count). The summed E-state index contributed by atoms with van der Waals surface area (Å²) in [4.78, 5) is 14.5. The highest BCUT2D eigenvalue weighted by Gasteiger charge is 2.18. The molecule has 4 nitrogen and oxygen atoms in total. The number of nitrogens with zero attached hydrogens (tertiary/aromatic N) is 2. The molecule has 0 saturated carbocycles. The Bertz CT molecular complexity index is 181. The molecule has 0 aromatic rings. The number of carbonyl (C=O) groups is 1. The molecule has 2 fully saturated rings. The van der Waals surface area contributed by atoms with Gasteiger partial charge in [-0.25, -0.2) is 0 Å². The number of aldehydes is 1. The highest BCUT2D eigenvalue weighted by molar-refractivity contribution is 5.57. The second kappa shape index (κ2) is 6.93. The Kier molecular flexibility index (Phi) is 5.83. The smallest absolute Gasteiger partial charge is 0.137 e. The van der Waals surface area contributed by atoms with Crippen molar-refractivity contribution >= 4 is 6.29 Å². The second-order valence-electron chi connectivity index (χ2n) is 4.24. The van der Waals surface area contributed by atoms with E-state index in [-0.39, 0.29) is 6.04 Å². The van der Waals surface area contributed by atoms with Crippen LogP contribution in [0.5, 0.6) is 0 Å². The average molecular weight is 214 g/mol. The Balaban J connectivity index is 0.000000151. The van der Waals surface area contributed by atoms with Crippen molar-refractivity contribution in [2.75, 3.05) is 46.9 Å². The van der Waals surface area contributed by atoms with Crippen LogP contribution in [0.15, 0.2) is 0 Å². The van der Waals surface area contributed by atoms with Crippen LogP contribution < -0.4 is 0 Å². The van der Waals surface area contributed by atoms with E-state index in [1.807, 2.05) is 7.05 Å². The summed E-state index contributed by atoms with van der Waals surface area (Å²) in [6.45, 7) is 5.11. The number of likely N-dealkylation sites (N-methyl/N-ethyl adjacent to an activating group) is 2. The lowest BCUT2D eigenvalue weighted by Gasteiger charge is -2.21. The van der Waals surface area contributed by atoms with Gasteiger partial charge in [-0.1, -0.05) is 0 Å². The summed E-state index contributed by atoms with van der Waals surface area (Å²) in [5.74, 6) is 0. The number of rotatable bonds is 1. The molecule has 4 heteroatoms. The molecule has 2 heterocycles. The zero-order valence-corrected chi connectivity index (χ0v) is 9.82. The zero-order chi connectivity index (χ0) is 11.1. The van der Waals surface area contributed by atoms with Crippen LogP contribution in [0.4, 0.5) is 0 Å². The lowest BCUT2D eigenvalue weighted by molar-refractivity contribution is -0.111. The predicted molar refractivity (Wildman–Crippen MR) is 60.0 cm³/mol. The fraction of sp³-hybridized carbons (Fsp3) is 0.909. The first-order valence-electron chi connectivity index (χ1n) is 5.66. The van der Waals surface area contributed by atoms with Gasteiger partial charge >= 0.3 is 0 Å². The molecule has 0 bridgehead atoms. The number of carbonyl (C=O) groups excluding carboxylic acids is 1. The Morgan fingerprint density at radius 1 is 1.20 bits per heavy atom. The molecule has 0 aromatic heterocycles. The number of hydrogen-bond acceptors (Lipinski definition) is 4. The van der Waals surface area contributed by atoms with Crippen LogP contribution in [0.2, 0.25) is 0 Å². The normalized spacial score (nSPS) is 28.3. The summed E-state index contributed by atoms with van der Waals surface area (Å²) < 4.78 is 5.10. The Labute approximate surface area is 92.2 Å². The molecule has 2 saturated heterocycles. The van der Waals surface area contributed by atoms with Crippen molar-refractivity contribution in [1.29, 1.82) is 0 Å². The van der Waals surface area contributed by atoms with E-state index in [2.05, 4.69) is 16.8 Å². The molecule has 88 valence electrons. The van der Waals surface area contributed by atoms with Crippen LogP contribution in [0.3, 0.4) is 0 Å². The van der Waals surface area contributed by atoms with Gasteiger partial charge in [0.15, 0.2) is 0 Å². The van der Waals surface area contributed by atoms with Gasteiger partial charge in [-0.15, -0.1) is 0 Å². The molecule has 0 aliphatic carbocycles. The molecule has 0 spiro atoms. The Hall–Kier alpha value is -0.450. The van der Waals surface area contributed by atoms with Crippen molar-refractivity contribution in [2.24, 2.45) is 0 Å². The van der Waals surface area contributed by atoms with E-state index >= 15 is 0 Å². The topological polar surface area (TPSA) is 32.8 Å². The minimum atomic E-state index is 0.218. The van der Waals surface area contributed by atoms with Crippen molar-refractivity contribution in [2.45, 2.75) is 18.9 Å². The number of ether oxygens (including phenoxy) is 1. The predicted octanol–water partition coefficient (Wildman–Crippen LogP) is 0.228. The highest BCUT2D eigenvalue weighted by atomic mass is 16.5. The summed E-state index contributed by atoms with van der Waals surface area (Å²) in [6.07, 6.45) is 3.27. The first-order valence-corrected chi connectivity index (χ1v) is 5.66. The maximum atomic E-state index is 10.2. The molecule has 0 radical (unpaired) electrons. The highest BCUT2D eigenvalue weighted by Crippen LogP contribution is 2.11. The van der Waals surface area contributed by atoms with E-state index in [1.165, 1.54) is 6.42 Å². The minimum absolute atomic E-state index is 0.218. The maximum absolute atomic E-state index is 10.2.